The van der Waals surface area contributed by atoms with Gasteiger partial charge in [-0.15, -0.1) is 0 Å². The van der Waals surface area contributed by atoms with Gasteiger partial charge in [-0.1, -0.05) is 13.0 Å². The molecule has 0 aliphatic carbocycles. The molecule has 1 fully saturated rings. The molecule has 1 aromatic carbocycles. The first-order chi connectivity index (χ1) is 8.41. The molecule has 18 heavy (non-hydrogen) atoms. The van der Waals surface area contributed by atoms with Crippen LogP contribution in [0.25, 0.3) is 0 Å². The molecule has 0 spiro atoms. The van der Waals surface area contributed by atoms with Crippen LogP contribution in [0.2, 0.25) is 0 Å². The standard InChI is InChI=1S/C12H14N2O3S/c1-2-12(15)8-14(9-12)18(16,17)11-5-3-4-10(6-11)7-13/h3-6,15H,2,8-9H2,1H3. The summed E-state index contributed by atoms with van der Waals surface area (Å²) in [6.07, 6.45) is 0.525. The smallest absolute Gasteiger partial charge is 0.243 e. The third-order valence-corrected chi connectivity index (χ3v) is 4.99. The number of sulfonamides is 1. The quantitative estimate of drug-likeness (QED) is 0.873. The number of aliphatic hydroxyl groups is 1. The molecule has 6 heteroatoms. The zero-order chi connectivity index (χ0) is 13.4. The van der Waals surface area contributed by atoms with Gasteiger partial charge in [0.15, 0.2) is 0 Å². The van der Waals surface area contributed by atoms with Gasteiger partial charge in [0.25, 0.3) is 0 Å². The number of hydrogen-bond acceptors (Lipinski definition) is 4. The molecule has 5 nitrogen and oxygen atoms in total. The normalized spacial score (nSPS) is 18.9. The monoisotopic (exact) mass is 266 g/mol. The zero-order valence-electron chi connectivity index (χ0n) is 10.00. The molecule has 96 valence electrons. The van der Waals surface area contributed by atoms with E-state index in [2.05, 4.69) is 0 Å². The number of benzene rings is 1. The SMILES string of the molecule is CCC1(O)CN(S(=O)(=O)c2cccc(C#N)c2)C1. The minimum atomic E-state index is -3.59. The average molecular weight is 266 g/mol. The first kappa shape index (κ1) is 13.0. The molecule has 1 aliphatic heterocycles. The maximum absolute atomic E-state index is 12.2. The Hall–Kier alpha value is -1.42. The van der Waals surface area contributed by atoms with Crippen molar-refractivity contribution in [3.8, 4) is 6.07 Å². The van der Waals surface area contributed by atoms with Gasteiger partial charge in [-0.05, 0) is 24.6 Å². The maximum atomic E-state index is 12.2. The Morgan fingerprint density at radius 2 is 2.17 bits per heavy atom. The molecule has 0 bridgehead atoms. The van der Waals surface area contributed by atoms with Crippen LogP contribution in [0.4, 0.5) is 0 Å². The van der Waals surface area contributed by atoms with E-state index in [1.165, 1.54) is 22.5 Å². The van der Waals surface area contributed by atoms with Crippen molar-refractivity contribution < 1.29 is 13.5 Å². The fraction of sp³-hybridized carbons (Fsp3) is 0.417. The molecular formula is C12H14N2O3S. The maximum Gasteiger partial charge on any atom is 0.243 e. The van der Waals surface area contributed by atoms with E-state index in [-0.39, 0.29) is 18.0 Å². The van der Waals surface area contributed by atoms with Crippen LogP contribution in [-0.4, -0.2) is 36.5 Å². The van der Waals surface area contributed by atoms with E-state index in [1.807, 2.05) is 13.0 Å². The molecule has 1 heterocycles. The lowest BCUT2D eigenvalue weighted by Crippen LogP contribution is -2.62. The third-order valence-electron chi connectivity index (χ3n) is 3.20. The van der Waals surface area contributed by atoms with Gasteiger partial charge in [-0.3, -0.25) is 0 Å². The summed E-state index contributed by atoms with van der Waals surface area (Å²) in [4.78, 5) is 0.0969. The lowest BCUT2D eigenvalue weighted by molar-refractivity contribution is -0.0613. The highest BCUT2D eigenvalue weighted by Crippen LogP contribution is 2.30. The van der Waals surface area contributed by atoms with Crippen molar-refractivity contribution in [2.75, 3.05) is 13.1 Å². The van der Waals surface area contributed by atoms with Crippen LogP contribution in [0.3, 0.4) is 0 Å². The lowest BCUT2D eigenvalue weighted by atomic mass is 9.94. The van der Waals surface area contributed by atoms with Gasteiger partial charge in [0, 0.05) is 13.1 Å². The van der Waals surface area contributed by atoms with Gasteiger partial charge in [-0.2, -0.15) is 9.57 Å². The minimum Gasteiger partial charge on any atom is -0.387 e. The van der Waals surface area contributed by atoms with Crippen LogP contribution in [0.5, 0.6) is 0 Å². The largest absolute Gasteiger partial charge is 0.387 e. The van der Waals surface area contributed by atoms with Crippen LogP contribution >= 0.6 is 0 Å². The first-order valence-corrected chi connectivity index (χ1v) is 7.08. The summed E-state index contributed by atoms with van der Waals surface area (Å²) in [5, 5.41) is 18.6. The molecule has 2 rings (SSSR count). The molecule has 0 saturated carbocycles. The number of nitriles is 1. The second-order valence-corrected chi connectivity index (χ2v) is 6.43. The predicted octanol–water partition coefficient (Wildman–Crippen LogP) is 0.704. The Balaban J connectivity index is 2.26. The highest BCUT2D eigenvalue weighted by atomic mass is 32.2. The molecule has 0 unspecified atom stereocenters. The molecule has 1 N–H and O–H groups in total. The van der Waals surface area contributed by atoms with Crippen LogP contribution in [0.1, 0.15) is 18.9 Å². The number of rotatable bonds is 3. The molecule has 1 aromatic rings. The molecule has 0 radical (unpaired) electrons. The van der Waals surface area contributed by atoms with Crippen molar-refractivity contribution in [3.63, 3.8) is 0 Å². The van der Waals surface area contributed by atoms with Gasteiger partial charge in [0.05, 0.1) is 22.1 Å². The second kappa shape index (κ2) is 4.35. The summed E-state index contributed by atoms with van der Waals surface area (Å²) in [5.74, 6) is 0. The van der Waals surface area contributed by atoms with Gasteiger partial charge in [-0.25, -0.2) is 8.42 Å². The Bertz CT molecular complexity index is 598. The molecule has 1 saturated heterocycles. The summed E-state index contributed by atoms with van der Waals surface area (Å²) in [6.45, 7) is 2.05. The van der Waals surface area contributed by atoms with Gasteiger partial charge in [0.1, 0.15) is 0 Å². The number of β-amino-alcohol motifs (C(OH)–C–C–N with tert-alkyl or cyclic N) is 1. The highest BCUT2D eigenvalue weighted by molar-refractivity contribution is 7.89. The highest BCUT2D eigenvalue weighted by Gasteiger charge is 2.45. The van der Waals surface area contributed by atoms with Crippen molar-refractivity contribution in [1.29, 1.82) is 5.26 Å². The van der Waals surface area contributed by atoms with E-state index in [4.69, 9.17) is 5.26 Å². The molecule has 0 atom stereocenters. The molecule has 0 aromatic heterocycles. The van der Waals surface area contributed by atoms with Crippen LogP contribution in [-0.2, 0) is 10.0 Å². The van der Waals surface area contributed by atoms with Crippen LogP contribution in [0, 0.1) is 11.3 Å². The Morgan fingerprint density at radius 3 is 2.72 bits per heavy atom. The Kier molecular flexibility index (Phi) is 3.15. The second-order valence-electron chi connectivity index (χ2n) is 4.49. The van der Waals surface area contributed by atoms with E-state index in [0.29, 0.717) is 12.0 Å². The van der Waals surface area contributed by atoms with Crippen molar-refractivity contribution >= 4 is 10.0 Å². The summed E-state index contributed by atoms with van der Waals surface area (Å²) < 4.78 is 25.6. The number of nitrogens with zero attached hydrogens (tertiary/aromatic N) is 2. The van der Waals surface area contributed by atoms with Gasteiger partial charge >= 0.3 is 0 Å². The number of hydrogen-bond donors (Lipinski definition) is 1. The summed E-state index contributed by atoms with van der Waals surface area (Å²) in [5.41, 5.74) is -0.595. The lowest BCUT2D eigenvalue weighted by Gasteiger charge is -2.44. The summed E-state index contributed by atoms with van der Waals surface area (Å²) in [7, 11) is -3.59. The summed E-state index contributed by atoms with van der Waals surface area (Å²) in [6, 6.07) is 7.81. The Labute approximate surface area is 106 Å². The summed E-state index contributed by atoms with van der Waals surface area (Å²) >= 11 is 0. The van der Waals surface area contributed by atoms with E-state index in [1.54, 1.807) is 6.07 Å². The molecule has 0 amide bonds. The van der Waals surface area contributed by atoms with E-state index in [0.717, 1.165) is 0 Å². The van der Waals surface area contributed by atoms with Crippen molar-refractivity contribution in [2.24, 2.45) is 0 Å². The van der Waals surface area contributed by atoms with Crippen molar-refractivity contribution in [1.82, 2.24) is 4.31 Å². The fourth-order valence-corrected chi connectivity index (χ4v) is 3.52. The first-order valence-electron chi connectivity index (χ1n) is 5.64. The van der Waals surface area contributed by atoms with E-state index in [9.17, 15) is 13.5 Å². The fourth-order valence-electron chi connectivity index (χ4n) is 1.88. The van der Waals surface area contributed by atoms with Crippen LogP contribution in [0.15, 0.2) is 29.2 Å². The predicted molar refractivity (Wildman–Crippen MR) is 65.2 cm³/mol. The van der Waals surface area contributed by atoms with E-state index >= 15 is 0 Å². The molecule has 1 aliphatic rings. The topological polar surface area (TPSA) is 81.4 Å². The van der Waals surface area contributed by atoms with Crippen molar-refractivity contribution in [3.05, 3.63) is 29.8 Å². The van der Waals surface area contributed by atoms with Crippen LogP contribution < -0.4 is 0 Å². The van der Waals surface area contributed by atoms with Crippen molar-refractivity contribution in [2.45, 2.75) is 23.8 Å². The Morgan fingerprint density at radius 1 is 1.50 bits per heavy atom. The minimum absolute atomic E-state index is 0.0969. The molecular weight excluding hydrogens is 252 g/mol. The third kappa shape index (κ3) is 2.12. The zero-order valence-corrected chi connectivity index (χ0v) is 10.8. The van der Waals surface area contributed by atoms with Gasteiger partial charge < -0.3 is 5.11 Å². The van der Waals surface area contributed by atoms with E-state index < -0.39 is 15.6 Å². The average Bonchev–Trinajstić information content (AvgIpc) is 2.35. The van der Waals surface area contributed by atoms with Gasteiger partial charge in [0.2, 0.25) is 10.0 Å².